The third-order valence-corrected chi connectivity index (χ3v) is 3.87. The number of rotatable bonds is 7. The van der Waals surface area contributed by atoms with Crippen LogP contribution >= 0.6 is 11.8 Å². The quantitative estimate of drug-likeness (QED) is 0.473. The topological polar surface area (TPSA) is 64.1 Å². The molecule has 0 aliphatic carbocycles. The van der Waals surface area contributed by atoms with Crippen LogP contribution in [0.2, 0.25) is 0 Å². The van der Waals surface area contributed by atoms with Gasteiger partial charge in [-0.05, 0) is 33.3 Å². The van der Waals surface area contributed by atoms with Crippen LogP contribution in [0.4, 0.5) is 0 Å². The van der Waals surface area contributed by atoms with E-state index in [4.69, 9.17) is 4.74 Å². The largest absolute Gasteiger partial charge is 0.468 e. The van der Waals surface area contributed by atoms with Gasteiger partial charge in [-0.15, -0.1) is 11.8 Å². The molecule has 1 N–H and O–H groups in total. The molecule has 1 heterocycles. The monoisotopic (exact) mass is 297 g/mol. The Morgan fingerprint density at radius 1 is 1.50 bits per heavy atom. The average Bonchev–Trinajstić information content (AvgIpc) is 2.37. The molecule has 1 aromatic rings. The van der Waals surface area contributed by atoms with Crippen LogP contribution in [0.5, 0.6) is 0 Å². The minimum absolute atomic E-state index is 0.204. The first kappa shape index (κ1) is 16.9. The van der Waals surface area contributed by atoms with Crippen molar-refractivity contribution < 1.29 is 9.53 Å². The lowest BCUT2D eigenvalue weighted by Crippen LogP contribution is -2.54. The van der Waals surface area contributed by atoms with Crippen LogP contribution in [0.3, 0.4) is 0 Å². The Kier molecular flexibility index (Phi) is 6.42. The standard InChI is InChI=1S/C14H23N3O2S/c1-10(2)17-14(4,13(18)19-5)8-11(3)20-12-6-7-15-9-16-12/h6-7,9-11,17H,8H2,1-5H3. The Bertz CT molecular complexity index is 428. The summed E-state index contributed by atoms with van der Waals surface area (Å²) in [5.41, 5.74) is -0.692. The number of esters is 1. The van der Waals surface area contributed by atoms with E-state index in [1.54, 1.807) is 18.0 Å². The molecule has 112 valence electrons. The molecular formula is C14H23N3O2S. The SMILES string of the molecule is COC(=O)C(C)(CC(C)Sc1ccncn1)NC(C)C. The van der Waals surface area contributed by atoms with Crippen molar-refractivity contribution in [1.29, 1.82) is 0 Å². The average molecular weight is 297 g/mol. The first-order valence-electron chi connectivity index (χ1n) is 6.66. The number of thioether (sulfide) groups is 1. The zero-order valence-electron chi connectivity index (χ0n) is 12.7. The molecular weight excluding hydrogens is 274 g/mol. The van der Waals surface area contributed by atoms with Gasteiger partial charge in [-0.3, -0.25) is 10.1 Å². The second kappa shape index (κ2) is 7.59. The Morgan fingerprint density at radius 3 is 2.70 bits per heavy atom. The Hall–Kier alpha value is -1.14. The van der Waals surface area contributed by atoms with Crippen molar-refractivity contribution in [2.75, 3.05) is 7.11 Å². The van der Waals surface area contributed by atoms with E-state index < -0.39 is 5.54 Å². The summed E-state index contributed by atoms with van der Waals surface area (Å²) in [5, 5.41) is 4.43. The van der Waals surface area contributed by atoms with Crippen molar-refractivity contribution in [1.82, 2.24) is 15.3 Å². The van der Waals surface area contributed by atoms with Gasteiger partial charge in [0, 0.05) is 17.5 Å². The van der Waals surface area contributed by atoms with E-state index >= 15 is 0 Å². The summed E-state index contributed by atoms with van der Waals surface area (Å²) in [7, 11) is 1.42. The number of ether oxygens (including phenoxy) is 1. The normalized spacial score (nSPS) is 15.7. The molecule has 0 amide bonds. The van der Waals surface area contributed by atoms with E-state index in [1.165, 1.54) is 13.4 Å². The van der Waals surface area contributed by atoms with E-state index in [2.05, 4.69) is 22.2 Å². The molecule has 0 spiro atoms. The molecule has 0 radical (unpaired) electrons. The summed E-state index contributed by atoms with van der Waals surface area (Å²) in [6, 6.07) is 2.07. The number of carbonyl (C=O) groups is 1. The zero-order chi connectivity index (χ0) is 15.2. The van der Waals surface area contributed by atoms with Crippen LogP contribution in [0.1, 0.15) is 34.1 Å². The maximum atomic E-state index is 12.0. The lowest BCUT2D eigenvalue weighted by molar-refractivity contribution is -0.148. The van der Waals surface area contributed by atoms with E-state index in [0.29, 0.717) is 6.42 Å². The number of methoxy groups -OCH3 is 1. The molecule has 0 aliphatic heterocycles. The van der Waals surface area contributed by atoms with Crippen LogP contribution in [0, 0.1) is 0 Å². The highest BCUT2D eigenvalue weighted by Gasteiger charge is 2.36. The van der Waals surface area contributed by atoms with Crippen molar-refractivity contribution in [3.05, 3.63) is 18.6 Å². The second-order valence-corrected chi connectivity index (χ2v) is 6.76. The summed E-state index contributed by atoms with van der Waals surface area (Å²) in [5.74, 6) is -0.235. The van der Waals surface area contributed by atoms with Crippen molar-refractivity contribution >= 4 is 17.7 Å². The highest BCUT2D eigenvalue weighted by atomic mass is 32.2. The molecule has 20 heavy (non-hydrogen) atoms. The maximum absolute atomic E-state index is 12.0. The number of hydrogen-bond acceptors (Lipinski definition) is 6. The summed E-state index contributed by atoms with van der Waals surface area (Å²) >= 11 is 1.63. The molecule has 6 heteroatoms. The molecule has 2 atom stereocenters. The molecule has 0 saturated heterocycles. The minimum Gasteiger partial charge on any atom is -0.468 e. The third kappa shape index (κ3) is 5.09. The van der Waals surface area contributed by atoms with Gasteiger partial charge in [0.1, 0.15) is 11.9 Å². The predicted molar refractivity (Wildman–Crippen MR) is 80.7 cm³/mol. The van der Waals surface area contributed by atoms with Gasteiger partial charge in [0.2, 0.25) is 0 Å². The fourth-order valence-electron chi connectivity index (χ4n) is 2.23. The van der Waals surface area contributed by atoms with Gasteiger partial charge in [0.05, 0.1) is 12.1 Å². The summed E-state index contributed by atoms with van der Waals surface area (Å²) in [4.78, 5) is 20.1. The van der Waals surface area contributed by atoms with Crippen molar-refractivity contribution in [3.8, 4) is 0 Å². The predicted octanol–water partition coefficient (Wildman–Crippen LogP) is 2.28. The summed E-state index contributed by atoms with van der Waals surface area (Å²) in [6.07, 6.45) is 3.90. The fourth-order valence-corrected chi connectivity index (χ4v) is 3.31. The van der Waals surface area contributed by atoms with Crippen LogP contribution in [0.15, 0.2) is 23.6 Å². The van der Waals surface area contributed by atoms with E-state index in [0.717, 1.165) is 5.03 Å². The van der Waals surface area contributed by atoms with E-state index in [1.807, 2.05) is 26.8 Å². The lowest BCUT2D eigenvalue weighted by atomic mass is 9.95. The Morgan fingerprint density at radius 2 is 2.20 bits per heavy atom. The Balaban J connectivity index is 2.71. The van der Waals surface area contributed by atoms with Gasteiger partial charge in [-0.2, -0.15) is 0 Å². The second-order valence-electron chi connectivity index (χ2n) is 5.30. The summed E-state index contributed by atoms with van der Waals surface area (Å²) < 4.78 is 4.93. The van der Waals surface area contributed by atoms with Gasteiger partial charge in [-0.1, -0.05) is 6.92 Å². The van der Waals surface area contributed by atoms with Crippen LogP contribution in [-0.2, 0) is 9.53 Å². The van der Waals surface area contributed by atoms with Crippen molar-refractivity contribution in [2.45, 2.75) is 56.0 Å². The van der Waals surface area contributed by atoms with Gasteiger partial charge in [0.15, 0.2) is 0 Å². The molecule has 1 aromatic heterocycles. The molecule has 0 bridgehead atoms. The fraction of sp³-hybridized carbons (Fsp3) is 0.643. The van der Waals surface area contributed by atoms with Gasteiger partial charge in [0.25, 0.3) is 0 Å². The highest BCUT2D eigenvalue weighted by Crippen LogP contribution is 2.28. The molecule has 2 unspecified atom stereocenters. The third-order valence-electron chi connectivity index (χ3n) is 2.82. The first-order valence-corrected chi connectivity index (χ1v) is 7.54. The van der Waals surface area contributed by atoms with Crippen molar-refractivity contribution in [3.63, 3.8) is 0 Å². The molecule has 0 aliphatic rings. The molecule has 0 saturated carbocycles. The minimum atomic E-state index is -0.692. The zero-order valence-corrected chi connectivity index (χ0v) is 13.5. The highest BCUT2D eigenvalue weighted by molar-refractivity contribution is 7.99. The number of nitrogens with zero attached hydrogens (tertiary/aromatic N) is 2. The molecule has 1 rings (SSSR count). The number of nitrogens with one attached hydrogen (secondary N) is 1. The number of carbonyl (C=O) groups excluding carboxylic acids is 1. The Labute approximate surface area is 124 Å². The number of aromatic nitrogens is 2. The molecule has 0 aromatic carbocycles. The number of hydrogen-bond donors (Lipinski definition) is 1. The molecule has 0 fully saturated rings. The molecule has 5 nitrogen and oxygen atoms in total. The lowest BCUT2D eigenvalue weighted by Gasteiger charge is -2.32. The van der Waals surface area contributed by atoms with Gasteiger partial charge in [-0.25, -0.2) is 9.97 Å². The van der Waals surface area contributed by atoms with E-state index in [-0.39, 0.29) is 17.3 Å². The van der Waals surface area contributed by atoms with E-state index in [9.17, 15) is 4.79 Å². The van der Waals surface area contributed by atoms with Crippen LogP contribution in [0.25, 0.3) is 0 Å². The first-order chi connectivity index (χ1) is 9.37. The van der Waals surface area contributed by atoms with Gasteiger partial charge < -0.3 is 4.74 Å². The van der Waals surface area contributed by atoms with Crippen molar-refractivity contribution in [2.24, 2.45) is 0 Å². The maximum Gasteiger partial charge on any atom is 0.325 e. The summed E-state index contributed by atoms with van der Waals surface area (Å²) in [6.45, 7) is 8.00. The van der Waals surface area contributed by atoms with Crippen LogP contribution < -0.4 is 5.32 Å². The smallest absolute Gasteiger partial charge is 0.325 e. The van der Waals surface area contributed by atoms with Crippen LogP contribution in [-0.4, -0.2) is 39.9 Å². The van der Waals surface area contributed by atoms with Gasteiger partial charge >= 0.3 is 5.97 Å².